The number of amides is 2. The summed E-state index contributed by atoms with van der Waals surface area (Å²) in [5.74, 6) is -0.390. The summed E-state index contributed by atoms with van der Waals surface area (Å²) in [5.41, 5.74) is 4.51. The fraction of sp³-hybridized carbons (Fsp3) is 0.333. The Hall–Kier alpha value is -2.74. The number of carbonyl (C=O) groups excluding carboxylic acids is 2. The molecule has 0 bridgehead atoms. The number of pyridine rings is 1. The van der Waals surface area contributed by atoms with E-state index in [1.165, 1.54) is 17.6 Å². The van der Waals surface area contributed by atoms with Crippen molar-refractivity contribution >= 4 is 34.6 Å². The zero-order valence-electron chi connectivity index (χ0n) is 14.4. The molecule has 0 aliphatic heterocycles. The molecular formula is C18H20N4O3S. The first-order valence-electron chi connectivity index (χ1n) is 8.51. The van der Waals surface area contributed by atoms with Crippen LogP contribution in [0.1, 0.15) is 46.3 Å². The number of fused-ring (bicyclic) bond motifs is 1. The molecule has 2 aromatic heterocycles. The summed E-state index contributed by atoms with van der Waals surface area (Å²) in [6.07, 6.45) is 6.98. The number of nitrogens with zero attached hydrogens (tertiary/aromatic N) is 2. The number of rotatable bonds is 5. The third-order valence-corrected chi connectivity index (χ3v) is 5.14. The Morgan fingerprint density at radius 2 is 2.19 bits per heavy atom. The molecule has 1 aliphatic rings. The third kappa shape index (κ3) is 4.26. The van der Waals surface area contributed by atoms with Crippen molar-refractivity contribution in [1.29, 1.82) is 0 Å². The lowest BCUT2D eigenvalue weighted by Crippen LogP contribution is -2.25. The maximum Gasteiger partial charge on any atom is 0.341 e. The van der Waals surface area contributed by atoms with E-state index < -0.39 is 6.03 Å². The highest BCUT2D eigenvalue weighted by atomic mass is 32.1. The molecule has 1 aliphatic carbocycles. The van der Waals surface area contributed by atoms with Gasteiger partial charge in [0.2, 0.25) is 0 Å². The van der Waals surface area contributed by atoms with Crippen molar-refractivity contribution in [3.63, 3.8) is 0 Å². The minimum absolute atomic E-state index is 0.295. The molecule has 3 rings (SSSR count). The van der Waals surface area contributed by atoms with Gasteiger partial charge in [0.25, 0.3) is 0 Å². The van der Waals surface area contributed by atoms with Crippen molar-refractivity contribution in [3.8, 4) is 0 Å². The average molecular weight is 372 g/mol. The number of hydrogen-bond acceptors (Lipinski definition) is 6. The summed E-state index contributed by atoms with van der Waals surface area (Å²) in [4.78, 5) is 29.7. The Morgan fingerprint density at radius 3 is 2.96 bits per heavy atom. The van der Waals surface area contributed by atoms with E-state index in [2.05, 4.69) is 20.8 Å². The van der Waals surface area contributed by atoms with Crippen LogP contribution in [0.25, 0.3) is 0 Å². The number of hydrogen-bond donors (Lipinski definition) is 2. The molecule has 8 heteroatoms. The zero-order valence-corrected chi connectivity index (χ0v) is 15.3. The maximum atomic E-state index is 12.4. The van der Waals surface area contributed by atoms with Gasteiger partial charge in [0, 0.05) is 11.1 Å². The molecular weight excluding hydrogens is 352 g/mol. The molecule has 0 atom stereocenters. The van der Waals surface area contributed by atoms with Crippen molar-refractivity contribution in [3.05, 3.63) is 46.1 Å². The first-order valence-corrected chi connectivity index (χ1v) is 9.33. The fourth-order valence-corrected chi connectivity index (χ4v) is 4.09. The zero-order chi connectivity index (χ0) is 18.4. The second kappa shape index (κ2) is 8.57. The Bertz CT molecular complexity index is 817. The number of urea groups is 1. The lowest BCUT2D eigenvalue weighted by molar-refractivity contribution is 0.0526. The SMILES string of the molecule is CCOC(=O)c1c(NC(=O)NN=Cc2ccccn2)sc2c1CCCC2. The molecule has 136 valence electrons. The molecule has 0 saturated heterocycles. The third-order valence-electron chi connectivity index (χ3n) is 3.93. The summed E-state index contributed by atoms with van der Waals surface area (Å²) in [7, 11) is 0. The highest BCUT2D eigenvalue weighted by molar-refractivity contribution is 7.17. The minimum Gasteiger partial charge on any atom is -0.462 e. The normalized spacial score (nSPS) is 13.3. The Kier molecular flexibility index (Phi) is 5.96. The predicted octanol–water partition coefficient (Wildman–Crippen LogP) is 3.35. The van der Waals surface area contributed by atoms with Gasteiger partial charge in [0.15, 0.2) is 0 Å². The lowest BCUT2D eigenvalue weighted by atomic mass is 9.95. The van der Waals surface area contributed by atoms with E-state index in [0.717, 1.165) is 36.1 Å². The fourth-order valence-electron chi connectivity index (χ4n) is 2.81. The number of aromatic nitrogens is 1. The molecule has 0 radical (unpaired) electrons. The van der Waals surface area contributed by atoms with Crippen LogP contribution in [-0.4, -0.2) is 29.8 Å². The second-order valence-corrected chi connectivity index (χ2v) is 6.82. The standard InChI is InChI=1S/C18H20N4O3S/c1-2-25-17(23)15-13-8-3-4-9-14(13)26-16(15)21-18(24)22-20-11-12-7-5-6-10-19-12/h5-7,10-11H,2-4,8-9H2,1H3,(H2,21,22,24). The van der Waals surface area contributed by atoms with Gasteiger partial charge in [-0.15, -0.1) is 11.3 Å². The van der Waals surface area contributed by atoms with Crippen molar-refractivity contribution in [2.45, 2.75) is 32.6 Å². The Morgan fingerprint density at radius 1 is 1.35 bits per heavy atom. The van der Waals surface area contributed by atoms with Gasteiger partial charge in [0.05, 0.1) is 24.1 Å². The van der Waals surface area contributed by atoms with Gasteiger partial charge in [-0.05, 0) is 50.3 Å². The van der Waals surface area contributed by atoms with Crippen molar-refractivity contribution in [1.82, 2.24) is 10.4 Å². The van der Waals surface area contributed by atoms with Gasteiger partial charge in [0.1, 0.15) is 5.00 Å². The van der Waals surface area contributed by atoms with Crippen LogP contribution in [-0.2, 0) is 17.6 Å². The number of esters is 1. The summed E-state index contributed by atoms with van der Waals surface area (Å²) >= 11 is 1.44. The molecule has 2 amide bonds. The van der Waals surface area contributed by atoms with Crippen LogP contribution in [0, 0.1) is 0 Å². The van der Waals surface area contributed by atoms with E-state index in [0.29, 0.717) is 22.9 Å². The quantitative estimate of drug-likeness (QED) is 0.478. The molecule has 7 nitrogen and oxygen atoms in total. The molecule has 26 heavy (non-hydrogen) atoms. The number of aryl methyl sites for hydroxylation is 1. The predicted molar refractivity (Wildman–Crippen MR) is 101 cm³/mol. The molecule has 2 heterocycles. The molecule has 2 N–H and O–H groups in total. The molecule has 0 aromatic carbocycles. The van der Waals surface area contributed by atoms with Crippen molar-refractivity contribution < 1.29 is 14.3 Å². The number of nitrogens with one attached hydrogen (secondary N) is 2. The summed E-state index contributed by atoms with van der Waals surface area (Å²) in [6.45, 7) is 2.06. The van der Waals surface area contributed by atoms with Crippen LogP contribution in [0.3, 0.4) is 0 Å². The molecule has 0 unspecified atom stereocenters. The smallest absolute Gasteiger partial charge is 0.341 e. The van der Waals surface area contributed by atoms with Gasteiger partial charge in [-0.3, -0.25) is 10.3 Å². The van der Waals surface area contributed by atoms with E-state index in [4.69, 9.17) is 4.74 Å². The van der Waals surface area contributed by atoms with Crippen LogP contribution >= 0.6 is 11.3 Å². The van der Waals surface area contributed by atoms with Crippen molar-refractivity contribution in [2.75, 3.05) is 11.9 Å². The first-order chi connectivity index (χ1) is 12.7. The highest BCUT2D eigenvalue weighted by Gasteiger charge is 2.27. The summed E-state index contributed by atoms with van der Waals surface area (Å²) < 4.78 is 5.17. The topological polar surface area (TPSA) is 92.7 Å². The highest BCUT2D eigenvalue weighted by Crippen LogP contribution is 2.38. The Balaban J connectivity index is 1.72. The number of carbonyl (C=O) groups is 2. The van der Waals surface area contributed by atoms with E-state index in [1.807, 2.05) is 6.07 Å². The molecule has 0 saturated carbocycles. The van der Waals surface area contributed by atoms with E-state index in [-0.39, 0.29) is 5.97 Å². The number of thiophene rings is 1. The maximum absolute atomic E-state index is 12.4. The molecule has 0 fully saturated rings. The largest absolute Gasteiger partial charge is 0.462 e. The summed E-state index contributed by atoms with van der Waals surface area (Å²) in [5, 5.41) is 7.11. The molecule has 0 spiro atoms. The van der Waals surface area contributed by atoms with Gasteiger partial charge in [-0.2, -0.15) is 5.10 Å². The minimum atomic E-state index is -0.513. The van der Waals surface area contributed by atoms with Crippen molar-refractivity contribution in [2.24, 2.45) is 5.10 Å². The van der Waals surface area contributed by atoms with Crippen LogP contribution in [0.4, 0.5) is 9.80 Å². The van der Waals surface area contributed by atoms with Gasteiger partial charge < -0.3 is 4.74 Å². The molecule has 2 aromatic rings. The van der Waals surface area contributed by atoms with Gasteiger partial charge in [-0.1, -0.05) is 6.07 Å². The lowest BCUT2D eigenvalue weighted by Gasteiger charge is -2.12. The van der Waals surface area contributed by atoms with E-state index in [9.17, 15) is 9.59 Å². The second-order valence-electron chi connectivity index (χ2n) is 5.71. The number of hydrazone groups is 1. The Labute approximate surface area is 155 Å². The number of ether oxygens (including phenoxy) is 1. The summed E-state index contributed by atoms with van der Waals surface area (Å²) in [6, 6.07) is 4.89. The van der Waals surface area contributed by atoms with Crippen LogP contribution in [0.2, 0.25) is 0 Å². The van der Waals surface area contributed by atoms with Gasteiger partial charge >= 0.3 is 12.0 Å². The van der Waals surface area contributed by atoms with E-state index >= 15 is 0 Å². The number of anilines is 1. The first kappa shape index (κ1) is 18.1. The average Bonchev–Trinajstić information content (AvgIpc) is 3.00. The van der Waals surface area contributed by atoms with Crippen LogP contribution in [0.5, 0.6) is 0 Å². The van der Waals surface area contributed by atoms with Crippen LogP contribution < -0.4 is 10.7 Å². The van der Waals surface area contributed by atoms with E-state index in [1.54, 1.807) is 25.3 Å². The van der Waals surface area contributed by atoms with Crippen LogP contribution in [0.15, 0.2) is 29.5 Å². The van der Waals surface area contributed by atoms with Gasteiger partial charge in [-0.25, -0.2) is 15.0 Å². The monoisotopic (exact) mass is 372 g/mol.